The number of carbonyl (C=O) groups excluding carboxylic acids is 2. The molecule has 0 radical (unpaired) electrons. The molecule has 0 fully saturated rings. The van der Waals surface area contributed by atoms with Gasteiger partial charge in [-0.1, -0.05) is 30.3 Å². The molecule has 0 aliphatic heterocycles. The highest BCUT2D eigenvalue weighted by Gasteiger charge is 2.19. The van der Waals surface area contributed by atoms with Gasteiger partial charge in [0.2, 0.25) is 6.41 Å². The van der Waals surface area contributed by atoms with Crippen molar-refractivity contribution in [2.24, 2.45) is 0 Å². The number of hydrogen-bond acceptors (Lipinski definition) is 5. The molecule has 0 saturated carbocycles. The number of H-pyrrole nitrogens is 1. The Hall–Kier alpha value is -3.45. The maximum Gasteiger partial charge on any atom is 0.214 e. The molecule has 0 saturated heterocycles. The molecule has 0 aliphatic carbocycles. The van der Waals surface area contributed by atoms with E-state index in [0.717, 1.165) is 27.2 Å². The summed E-state index contributed by atoms with van der Waals surface area (Å²) < 4.78 is 0. The molecule has 0 aliphatic rings. The van der Waals surface area contributed by atoms with E-state index in [1.807, 2.05) is 48.5 Å². The summed E-state index contributed by atoms with van der Waals surface area (Å²) in [5, 5.41) is 3.97. The zero-order chi connectivity index (χ0) is 19.5. The van der Waals surface area contributed by atoms with Crippen LogP contribution in [0.15, 0.2) is 60.9 Å². The highest BCUT2D eigenvalue weighted by atomic mass is 32.1. The van der Waals surface area contributed by atoms with Crippen LogP contribution in [0.1, 0.15) is 9.67 Å². The summed E-state index contributed by atoms with van der Waals surface area (Å²) in [4.78, 5) is 35.0. The lowest BCUT2D eigenvalue weighted by Gasteiger charge is -2.19. The fourth-order valence-electron chi connectivity index (χ4n) is 3.14. The lowest BCUT2D eigenvalue weighted by atomic mass is 10.2. The molecule has 0 bridgehead atoms. The van der Waals surface area contributed by atoms with Crippen LogP contribution in [-0.2, 0) is 4.79 Å². The molecule has 3 heterocycles. The number of amides is 1. The first-order chi connectivity index (χ1) is 13.7. The van der Waals surface area contributed by atoms with Gasteiger partial charge in [-0.25, -0.2) is 4.98 Å². The van der Waals surface area contributed by atoms with Crippen molar-refractivity contribution in [1.82, 2.24) is 9.97 Å². The average Bonchev–Trinajstić information content (AvgIpc) is 3.41. The lowest BCUT2D eigenvalue weighted by molar-refractivity contribution is -0.107. The summed E-state index contributed by atoms with van der Waals surface area (Å²) in [6, 6.07) is 15.5. The molecule has 0 atom stereocenters. The van der Waals surface area contributed by atoms with Crippen LogP contribution in [0.25, 0.3) is 21.5 Å². The largest absolute Gasteiger partial charge is 0.386 e. The predicted octanol–water partition coefficient (Wildman–Crippen LogP) is 4.18. The summed E-state index contributed by atoms with van der Waals surface area (Å²) in [7, 11) is 1.78. The molecule has 4 aromatic rings. The maximum atomic E-state index is 12.8. The van der Waals surface area contributed by atoms with Crippen LogP contribution < -0.4 is 10.2 Å². The minimum Gasteiger partial charge on any atom is -0.386 e. The Morgan fingerprint density at radius 3 is 2.79 bits per heavy atom. The van der Waals surface area contributed by atoms with Crippen LogP contribution >= 0.6 is 11.3 Å². The van der Waals surface area contributed by atoms with E-state index in [0.29, 0.717) is 17.0 Å². The highest BCUT2D eigenvalue weighted by molar-refractivity contribution is 7.17. The van der Waals surface area contributed by atoms with Gasteiger partial charge in [-0.2, -0.15) is 0 Å². The van der Waals surface area contributed by atoms with Gasteiger partial charge >= 0.3 is 0 Å². The van der Waals surface area contributed by atoms with Crippen molar-refractivity contribution in [2.75, 3.05) is 23.8 Å². The molecule has 28 heavy (non-hydrogen) atoms. The number of ketones is 1. The second-order valence-electron chi connectivity index (χ2n) is 6.19. The van der Waals surface area contributed by atoms with Gasteiger partial charge in [0.05, 0.1) is 29.0 Å². The Morgan fingerprint density at radius 2 is 2.04 bits per heavy atom. The Kier molecular flexibility index (Phi) is 4.90. The first-order valence-electron chi connectivity index (χ1n) is 8.75. The van der Waals surface area contributed by atoms with E-state index in [1.165, 1.54) is 16.2 Å². The van der Waals surface area contributed by atoms with E-state index in [9.17, 15) is 9.59 Å². The van der Waals surface area contributed by atoms with Crippen LogP contribution in [0.3, 0.4) is 0 Å². The van der Waals surface area contributed by atoms with Gasteiger partial charge in [-0.05, 0) is 23.8 Å². The minimum absolute atomic E-state index is 0.0511. The Bertz CT molecular complexity index is 1130. The van der Waals surface area contributed by atoms with Crippen molar-refractivity contribution < 1.29 is 9.59 Å². The van der Waals surface area contributed by atoms with E-state index in [4.69, 9.17) is 0 Å². The number of benzene rings is 1. The molecular weight excluding hydrogens is 372 g/mol. The summed E-state index contributed by atoms with van der Waals surface area (Å²) in [5.41, 5.74) is 3.11. The number of hydrogen-bond donors (Lipinski definition) is 2. The molecular formula is C21H18N4O2S. The third kappa shape index (κ3) is 3.27. The van der Waals surface area contributed by atoms with E-state index in [1.54, 1.807) is 19.4 Å². The normalized spacial score (nSPS) is 10.8. The molecule has 6 nitrogen and oxygen atoms in total. The van der Waals surface area contributed by atoms with Crippen LogP contribution in [-0.4, -0.2) is 35.8 Å². The Morgan fingerprint density at radius 1 is 1.21 bits per heavy atom. The molecule has 0 spiro atoms. The van der Waals surface area contributed by atoms with Crippen molar-refractivity contribution in [1.29, 1.82) is 0 Å². The summed E-state index contributed by atoms with van der Waals surface area (Å²) >= 11 is 1.43. The van der Waals surface area contributed by atoms with Gasteiger partial charge < -0.3 is 15.2 Å². The van der Waals surface area contributed by atoms with E-state index >= 15 is 0 Å². The van der Waals surface area contributed by atoms with E-state index in [-0.39, 0.29) is 12.3 Å². The lowest BCUT2D eigenvalue weighted by Crippen LogP contribution is -2.29. The Balaban J connectivity index is 1.60. The van der Waals surface area contributed by atoms with Gasteiger partial charge in [-0.15, -0.1) is 11.3 Å². The van der Waals surface area contributed by atoms with Crippen LogP contribution in [0.2, 0.25) is 0 Å². The predicted molar refractivity (Wildman–Crippen MR) is 113 cm³/mol. The SMILES string of the molecule is CNc1c(N(C=O)CC(=O)c2ccc(-c3ccccc3)s2)cnc2[nH]ccc12. The first kappa shape index (κ1) is 17.9. The Labute approximate surface area is 165 Å². The molecule has 0 unspecified atom stereocenters. The number of nitrogens with one attached hydrogen (secondary N) is 2. The molecule has 7 heteroatoms. The molecule has 140 valence electrons. The number of Topliss-reactive ketones (excluding diaryl/α,β-unsaturated/α-hetero) is 1. The number of fused-ring (bicyclic) bond motifs is 1. The van der Waals surface area contributed by atoms with Gasteiger partial charge in [-0.3, -0.25) is 9.59 Å². The van der Waals surface area contributed by atoms with Crippen molar-refractivity contribution >= 4 is 45.9 Å². The third-order valence-corrected chi connectivity index (χ3v) is 5.68. The first-order valence-corrected chi connectivity index (χ1v) is 9.57. The molecule has 1 amide bonds. The fourth-order valence-corrected chi connectivity index (χ4v) is 4.08. The van der Waals surface area contributed by atoms with Crippen molar-refractivity contribution in [3.05, 3.63) is 65.8 Å². The van der Waals surface area contributed by atoms with Crippen LogP contribution in [0.4, 0.5) is 11.4 Å². The number of rotatable bonds is 7. The molecule has 1 aromatic carbocycles. The fraction of sp³-hybridized carbons (Fsp3) is 0.0952. The number of anilines is 2. The highest BCUT2D eigenvalue weighted by Crippen LogP contribution is 2.32. The van der Waals surface area contributed by atoms with E-state index < -0.39 is 0 Å². The van der Waals surface area contributed by atoms with Gasteiger partial charge in [0.15, 0.2) is 5.78 Å². The van der Waals surface area contributed by atoms with Crippen molar-refractivity contribution in [3.63, 3.8) is 0 Å². The van der Waals surface area contributed by atoms with Gasteiger partial charge in [0.25, 0.3) is 0 Å². The number of thiophene rings is 1. The monoisotopic (exact) mass is 390 g/mol. The summed E-state index contributed by atoms with van der Waals surface area (Å²) in [6.07, 6.45) is 4.05. The van der Waals surface area contributed by atoms with Crippen LogP contribution in [0, 0.1) is 0 Å². The standard InChI is InChI=1S/C21H18N4O2S/c1-22-20-15-9-10-23-21(15)24-11-16(20)25(13-26)12-17(27)19-8-7-18(28-19)14-5-3-2-4-6-14/h2-11,13H,12H2,1H3,(H2,22,23,24). The summed E-state index contributed by atoms with van der Waals surface area (Å²) in [6.45, 7) is -0.0511. The molecule has 4 rings (SSSR count). The zero-order valence-electron chi connectivity index (χ0n) is 15.2. The summed E-state index contributed by atoms with van der Waals surface area (Å²) in [5.74, 6) is -0.115. The molecule has 2 N–H and O–H groups in total. The quantitative estimate of drug-likeness (QED) is 0.367. The second-order valence-corrected chi connectivity index (χ2v) is 7.28. The van der Waals surface area contributed by atoms with Crippen LogP contribution in [0.5, 0.6) is 0 Å². The topological polar surface area (TPSA) is 78.1 Å². The average molecular weight is 390 g/mol. The number of pyridine rings is 1. The maximum absolute atomic E-state index is 12.8. The number of aromatic nitrogens is 2. The van der Waals surface area contributed by atoms with E-state index in [2.05, 4.69) is 15.3 Å². The number of carbonyl (C=O) groups is 2. The zero-order valence-corrected chi connectivity index (χ0v) is 16.0. The number of nitrogens with zero attached hydrogens (tertiary/aromatic N) is 2. The smallest absolute Gasteiger partial charge is 0.214 e. The molecule has 3 aromatic heterocycles. The number of aromatic amines is 1. The third-order valence-electron chi connectivity index (χ3n) is 4.51. The van der Waals surface area contributed by atoms with Crippen molar-refractivity contribution in [3.8, 4) is 10.4 Å². The minimum atomic E-state index is -0.115. The second kappa shape index (κ2) is 7.66. The van der Waals surface area contributed by atoms with Gasteiger partial charge in [0, 0.05) is 23.5 Å². The van der Waals surface area contributed by atoms with Crippen molar-refractivity contribution in [2.45, 2.75) is 0 Å². The van der Waals surface area contributed by atoms with Gasteiger partial charge in [0.1, 0.15) is 5.65 Å².